The molecule has 1 aromatic rings. The van der Waals surface area contributed by atoms with Crippen LogP contribution in [0.1, 0.15) is 100 Å². The van der Waals surface area contributed by atoms with Gasteiger partial charge in [-0.25, -0.2) is 0 Å². The van der Waals surface area contributed by atoms with Crippen molar-refractivity contribution in [2.75, 3.05) is 13.7 Å². The Bertz CT molecular complexity index is 453. The molecule has 26 heavy (non-hydrogen) atoms. The van der Waals surface area contributed by atoms with Crippen LogP contribution in [0.15, 0.2) is 24.3 Å². The molecule has 1 N–H and O–H groups in total. The summed E-state index contributed by atoms with van der Waals surface area (Å²) >= 11 is 0. The van der Waals surface area contributed by atoms with E-state index in [2.05, 4.69) is 0 Å². The summed E-state index contributed by atoms with van der Waals surface area (Å²) < 4.78 is 5.12. The Labute approximate surface area is 160 Å². The SMILES string of the molecule is COc1ccc(C(=O)CCCCCCCCCCCCCCCO)cc1. The molecule has 0 aliphatic rings. The number of unbranched alkanes of at least 4 members (excludes halogenated alkanes) is 12. The van der Waals surface area contributed by atoms with Gasteiger partial charge in [-0.1, -0.05) is 70.6 Å². The van der Waals surface area contributed by atoms with Gasteiger partial charge in [0.2, 0.25) is 0 Å². The first-order valence-corrected chi connectivity index (χ1v) is 10.6. The third-order valence-corrected chi connectivity index (χ3v) is 4.97. The average Bonchev–Trinajstić information content (AvgIpc) is 2.68. The summed E-state index contributed by atoms with van der Waals surface area (Å²) in [6.07, 6.45) is 16.8. The number of ether oxygens (including phenoxy) is 1. The summed E-state index contributed by atoms with van der Waals surface area (Å²) in [6, 6.07) is 7.41. The van der Waals surface area contributed by atoms with Gasteiger partial charge in [-0.15, -0.1) is 0 Å². The molecule has 0 aromatic heterocycles. The Morgan fingerprint density at radius 3 is 1.58 bits per heavy atom. The van der Waals surface area contributed by atoms with Crippen molar-refractivity contribution in [3.63, 3.8) is 0 Å². The number of rotatable bonds is 17. The lowest BCUT2D eigenvalue weighted by Crippen LogP contribution is -1.98. The van der Waals surface area contributed by atoms with Crippen molar-refractivity contribution < 1.29 is 14.6 Å². The maximum absolute atomic E-state index is 12.1. The van der Waals surface area contributed by atoms with E-state index in [1.54, 1.807) is 7.11 Å². The van der Waals surface area contributed by atoms with Crippen LogP contribution in [0.4, 0.5) is 0 Å². The maximum Gasteiger partial charge on any atom is 0.162 e. The molecule has 1 rings (SSSR count). The number of ketones is 1. The summed E-state index contributed by atoms with van der Waals surface area (Å²) in [5, 5.41) is 8.72. The summed E-state index contributed by atoms with van der Waals surface area (Å²) in [4.78, 5) is 12.1. The largest absolute Gasteiger partial charge is 0.497 e. The second kappa shape index (κ2) is 15.9. The number of benzene rings is 1. The Hall–Kier alpha value is -1.35. The van der Waals surface area contributed by atoms with Crippen LogP contribution in [0.3, 0.4) is 0 Å². The minimum Gasteiger partial charge on any atom is -0.497 e. The molecule has 1 aromatic carbocycles. The van der Waals surface area contributed by atoms with E-state index in [-0.39, 0.29) is 5.78 Å². The molecule has 0 fully saturated rings. The van der Waals surface area contributed by atoms with E-state index in [0.29, 0.717) is 13.0 Å². The van der Waals surface area contributed by atoms with Crippen molar-refractivity contribution in [1.29, 1.82) is 0 Å². The fourth-order valence-electron chi connectivity index (χ4n) is 3.26. The highest BCUT2D eigenvalue weighted by Gasteiger charge is 2.05. The quantitative estimate of drug-likeness (QED) is 0.260. The lowest BCUT2D eigenvalue weighted by molar-refractivity contribution is 0.0979. The first-order chi connectivity index (χ1) is 12.8. The summed E-state index contributed by atoms with van der Waals surface area (Å²) in [5.41, 5.74) is 0.794. The third kappa shape index (κ3) is 11.3. The molecule has 0 heterocycles. The molecule has 0 bridgehead atoms. The molecule has 148 valence electrons. The summed E-state index contributed by atoms with van der Waals surface area (Å²) in [6.45, 7) is 0.343. The Kier molecular flexibility index (Phi) is 13.8. The summed E-state index contributed by atoms with van der Waals surface area (Å²) in [5.74, 6) is 1.04. The average molecular weight is 363 g/mol. The van der Waals surface area contributed by atoms with Crippen molar-refractivity contribution in [3.8, 4) is 5.75 Å². The number of carbonyl (C=O) groups is 1. The van der Waals surface area contributed by atoms with Gasteiger partial charge in [0.15, 0.2) is 5.78 Å². The van der Waals surface area contributed by atoms with Gasteiger partial charge in [-0.05, 0) is 37.1 Å². The van der Waals surface area contributed by atoms with Crippen molar-refractivity contribution >= 4 is 5.78 Å². The minimum absolute atomic E-state index is 0.242. The number of hydrogen-bond donors (Lipinski definition) is 1. The molecule has 0 radical (unpaired) electrons. The highest BCUT2D eigenvalue weighted by molar-refractivity contribution is 5.96. The molecule has 3 nitrogen and oxygen atoms in total. The molecule has 0 aliphatic carbocycles. The predicted molar refractivity (Wildman–Crippen MR) is 109 cm³/mol. The van der Waals surface area contributed by atoms with Gasteiger partial charge in [-0.2, -0.15) is 0 Å². The second-order valence-corrected chi connectivity index (χ2v) is 7.22. The predicted octanol–water partition coefficient (Wildman–Crippen LogP) is 6.33. The zero-order chi connectivity index (χ0) is 18.9. The Morgan fingerprint density at radius 2 is 1.15 bits per heavy atom. The fraction of sp³-hybridized carbons (Fsp3) is 0.696. The van der Waals surface area contributed by atoms with Gasteiger partial charge in [-0.3, -0.25) is 4.79 Å². The van der Waals surface area contributed by atoms with Crippen molar-refractivity contribution in [2.24, 2.45) is 0 Å². The summed E-state index contributed by atoms with van der Waals surface area (Å²) in [7, 11) is 1.64. The maximum atomic E-state index is 12.1. The van der Waals surface area contributed by atoms with Gasteiger partial charge in [0.1, 0.15) is 5.75 Å². The molecule has 0 aliphatic heterocycles. The number of Topliss-reactive ketones (excluding diaryl/α,β-unsaturated/α-hetero) is 1. The lowest BCUT2D eigenvalue weighted by atomic mass is 10.0. The van der Waals surface area contributed by atoms with E-state index in [1.807, 2.05) is 24.3 Å². The topological polar surface area (TPSA) is 46.5 Å². The number of methoxy groups -OCH3 is 1. The zero-order valence-electron chi connectivity index (χ0n) is 16.7. The third-order valence-electron chi connectivity index (χ3n) is 4.97. The number of hydrogen-bond acceptors (Lipinski definition) is 3. The van der Waals surface area contributed by atoms with Gasteiger partial charge >= 0.3 is 0 Å². The Balaban J connectivity index is 1.87. The lowest BCUT2D eigenvalue weighted by Gasteiger charge is -2.04. The van der Waals surface area contributed by atoms with Crippen LogP contribution < -0.4 is 4.74 Å². The Morgan fingerprint density at radius 1 is 0.731 bits per heavy atom. The zero-order valence-corrected chi connectivity index (χ0v) is 16.7. The van der Waals surface area contributed by atoms with Crippen LogP contribution in [0.25, 0.3) is 0 Å². The second-order valence-electron chi connectivity index (χ2n) is 7.22. The van der Waals surface area contributed by atoms with E-state index >= 15 is 0 Å². The van der Waals surface area contributed by atoms with Gasteiger partial charge in [0.05, 0.1) is 7.11 Å². The molecular formula is C23H38O3. The van der Waals surface area contributed by atoms with E-state index in [1.165, 1.54) is 64.2 Å². The molecule has 0 saturated carbocycles. The van der Waals surface area contributed by atoms with Crippen molar-refractivity contribution in [1.82, 2.24) is 0 Å². The van der Waals surface area contributed by atoms with E-state index in [0.717, 1.165) is 30.6 Å². The van der Waals surface area contributed by atoms with E-state index in [4.69, 9.17) is 9.84 Å². The fourth-order valence-corrected chi connectivity index (χ4v) is 3.26. The van der Waals surface area contributed by atoms with Gasteiger partial charge in [0, 0.05) is 18.6 Å². The van der Waals surface area contributed by atoms with Gasteiger partial charge in [0.25, 0.3) is 0 Å². The van der Waals surface area contributed by atoms with Crippen molar-refractivity contribution in [2.45, 2.75) is 89.9 Å². The molecule has 0 atom stereocenters. The smallest absolute Gasteiger partial charge is 0.162 e. The molecule has 0 spiro atoms. The number of aliphatic hydroxyl groups excluding tert-OH is 1. The highest BCUT2D eigenvalue weighted by atomic mass is 16.5. The van der Waals surface area contributed by atoms with Crippen LogP contribution in [-0.2, 0) is 0 Å². The first kappa shape index (κ1) is 22.7. The normalized spacial score (nSPS) is 10.8. The van der Waals surface area contributed by atoms with Crippen molar-refractivity contribution in [3.05, 3.63) is 29.8 Å². The van der Waals surface area contributed by atoms with Crippen LogP contribution in [0, 0.1) is 0 Å². The molecular weight excluding hydrogens is 324 g/mol. The molecule has 0 amide bonds. The number of carbonyl (C=O) groups excluding carboxylic acids is 1. The van der Waals surface area contributed by atoms with Gasteiger partial charge < -0.3 is 9.84 Å². The molecule has 0 unspecified atom stereocenters. The number of aliphatic hydroxyl groups is 1. The highest BCUT2D eigenvalue weighted by Crippen LogP contribution is 2.16. The first-order valence-electron chi connectivity index (χ1n) is 10.6. The van der Waals surface area contributed by atoms with E-state index < -0.39 is 0 Å². The molecule has 3 heteroatoms. The minimum atomic E-state index is 0.242. The van der Waals surface area contributed by atoms with Crippen LogP contribution in [0.5, 0.6) is 5.75 Å². The van der Waals surface area contributed by atoms with Crippen LogP contribution in [-0.4, -0.2) is 24.6 Å². The van der Waals surface area contributed by atoms with Crippen LogP contribution in [0.2, 0.25) is 0 Å². The molecule has 0 saturated heterocycles. The standard InChI is InChI=1S/C23H38O3/c1-26-22-18-16-21(17-19-22)23(25)15-13-11-9-7-5-3-2-4-6-8-10-12-14-20-24/h16-19,24H,2-15,20H2,1H3. The van der Waals surface area contributed by atoms with Crippen LogP contribution >= 0.6 is 0 Å². The monoisotopic (exact) mass is 362 g/mol. The van der Waals surface area contributed by atoms with E-state index in [9.17, 15) is 4.79 Å².